The summed E-state index contributed by atoms with van der Waals surface area (Å²) in [5, 5.41) is 6.59. The molecule has 0 saturated heterocycles. The summed E-state index contributed by atoms with van der Waals surface area (Å²) in [6.45, 7) is 4.29. The minimum atomic E-state index is -0.338. The first kappa shape index (κ1) is 21.0. The van der Waals surface area contributed by atoms with Crippen LogP contribution in [0.3, 0.4) is 0 Å². The van der Waals surface area contributed by atoms with Gasteiger partial charge in [-0.05, 0) is 49.5 Å². The van der Waals surface area contributed by atoms with Crippen molar-refractivity contribution in [1.29, 1.82) is 0 Å². The highest BCUT2D eigenvalue weighted by molar-refractivity contribution is 7.98. The van der Waals surface area contributed by atoms with E-state index in [1.54, 1.807) is 24.4 Å². The number of guanidine groups is 1. The molecule has 0 aliphatic rings. The van der Waals surface area contributed by atoms with E-state index in [0.29, 0.717) is 18.2 Å². The quantitative estimate of drug-likeness (QED) is 0.362. The highest BCUT2D eigenvalue weighted by Gasteiger charge is 2.02. The Morgan fingerprint density at radius 3 is 2.81 bits per heavy atom. The van der Waals surface area contributed by atoms with E-state index in [1.807, 2.05) is 24.8 Å². The fourth-order valence-electron chi connectivity index (χ4n) is 2.31. The molecule has 146 valence electrons. The van der Waals surface area contributed by atoms with Gasteiger partial charge in [-0.25, -0.2) is 14.4 Å². The Morgan fingerprint density at radius 1 is 1.22 bits per heavy atom. The second-order valence-corrected chi connectivity index (χ2v) is 6.87. The zero-order valence-corrected chi connectivity index (χ0v) is 16.7. The molecule has 1 aromatic heterocycles. The summed E-state index contributed by atoms with van der Waals surface area (Å²) in [5.41, 5.74) is 0.973. The van der Waals surface area contributed by atoms with Crippen LogP contribution in [0, 0.1) is 5.82 Å². The molecule has 0 fully saturated rings. The molecule has 5 nitrogen and oxygen atoms in total. The van der Waals surface area contributed by atoms with Crippen molar-refractivity contribution >= 4 is 17.7 Å². The number of nitrogens with zero attached hydrogens (tertiary/aromatic N) is 2. The molecule has 1 heterocycles. The molecule has 2 rings (SSSR count). The molecule has 0 spiro atoms. The first-order chi connectivity index (χ1) is 13.2. The molecular weight excluding hydrogens is 363 g/mol. The van der Waals surface area contributed by atoms with Crippen LogP contribution in [0.15, 0.2) is 47.6 Å². The van der Waals surface area contributed by atoms with Gasteiger partial charge in [-0.1, -0.05) is 12.1 Å². The van der Waals surface area contributed by atoms with Crippen LogP contribution in [-0.2, 0) is 6.54 Å². The number of hydrogen-bond donors (Lipinski definition) is 2. The monoisotopic (exact) mass is 390 g/mol. The van der Waals surface area contributed by atoms with Gasteiger partial charge in [0.05, 0.1) is 6.54 Å². The van der Waals surface area contributed by atoms with Crippen LogP contribution in [0.25, 0.3) is 0 Å². The van der Waals surface area contributed by atoms with Gasteiger partial charge in [-0.2, -0.15) is 11.8 Å². The third-order valence-corrected chi connectivity index (χ3v) is 4.34. The minimum absolute atomic E-state index is 0.338. The third kappa shape index (κ3) is 8.30. The van der Waals surface area contributed by atoms with Crippen LogP contribution < -0.4 is 15.4 Å². The van der Waals surface area contributed by atoms with E-state index in [9.17, 15) is 4.39 Å². The molecular formula is C20H27FN4OS. The van der Waals surface area contributed by atoms with E-state index < -0.39 is 0 Å². The number of aliphatic imine (C=N–C) groups is 1. The van der Waals surface area contributed by atoms with Gasteiger partial charge in [-0.3, -0.25) is 0 Å². The largest absolute Gasteiger partial charge is 0.439 e. The minimum Gasteiger partial charge on any atom is -0.439 e. The van der Waals surface area contributed by atoms with E-state index in [0.717, 1.165) is 31.0 Å². The maximum absolute atomic E-state index is 13.2. The average Bonchev–Trinajstić information content (AvgIpc) is 2.67. The zero-order chi connectivity index (χ0) is 19.3. The van der Waals surface area contributed by atoms with Crippen molar-refractivity contribution in [3.63, 3.8) is 0 Å². The molecule has 0 bridgehead atoms. The maximum Gasteiger partial charge on any atom is 0.219 e. The van der Waals surface area contributed by atoms with Crippen molar-refractivity contribution in [2.24, 2.45) is 4.99 Å². The Morgan fingerprint density at radius 2 is 2.11 bits per heavy atom. The van der Waals surface area contributed by atoms with Crippen molar-refractivity contribution in [3.8, 4) is 11.6 Å². The number of rotatable bonds is 10. The molecule has 0 radical (unpaired) electrons. The lowest BCUT2D eigenvalue weighted by atomic mass is 10.3. The zero-order valence-electron chi connectivity index (χ0n) is 15.9. The summed E-state index contributed by atoms with van der Waals surface area (Å²) in [6, 6.07) is 9.67. The average molecular weight is 391 g/mol. The predicted molar refractivity (Wildman–Crippen MR) is 111 cm³/mol. The van der Waals surface area contributed by atoms with E-state index in [4.69, 9.17) is 4.74 Å². The second kappa shape index (κ2) is 12.2. The summed E-state index contributed by atoms with van der Waals surface area (Å²) < 4.78 is 18.7. The topological polar surface area (TPSA) is 58.5 Å². The van der Waals surface area contributed by atoms with Crippen molar-refractivity contribution in [2.75, 3.05) is 25.1 Å². The summed E-state index contributed by atoms with van der Waals surface area (Å²) >= 11 is 1.87. The van der Waals surface area contributed by atoms with Crippen LogP contribution in [0.2, 0.25) is 0 Å². The lowest BCUT2D eigenvalue weighted by Gasteiger charge is -2.11. The van der Waals surface area contributed by atoms with Crippen LogP contribution in [0.4, 0.5) is 4.39 Å². The predicted octanol–water partition coefficient (Wildman–Crippen LogP) is 4.21. The lowest BCUT2D eigenvalue weighted by molar-refractivity contribution is 0.457. The molecule has 0 unspecified atom stereocenters. The molecule has 0 saturated carbocycles. The molecule has 0 atom stereocenters. The SMILES string of the molecule is CCNC(=NCc1ccc(Oc2cccc(F)c2)nc1)NCCCCSC. The van der Waals surface area contributed by atoms with Crippen molar-refractivity contribution in [1.82, 2.24) is 15.6 Å². The molecule has 7 heteroatoms. The molecule has 2 aromatic rings. The Labute approximate surface area is 164 Å². The fourth-order valence-corrected chi connectivity index (χ4v) is 2.80. The summed E-state index contributed by atoms with van der Waals surface area (Å²) in [7, 11) is 0. The van der Waals surface area contributed by atoms with Crippen molar-refractivity contribution in [3.05, 3.63) is 54.0 Å². The van der Waals surface area contributed by atoms with Crippen molar-refractivity contribution < 1.29 is 9.13 Å². The van der Waals surface area contributed by atoms with Gasteiger partial charge in [0.25, 0.3) is 0 Å². The molecule has 1 aromatic carbocycles. The summed E-state index contributed by atoms with van der Waals surface area (Å²) in [5.74, 6) is 2.50. The number of unbranched alkanes of at least 4 members (excludes halogenated alkanes) is 1. The summed E-state index contributed by atoms with van der Waals surface area (Å²) in [6.07, 6.45) is 6.17. The van der Waals surface area contributed by atoms with Crippen LogP contribution >= 0.6 is 11.8 Å². The van der Waals surface area contributed by atoms with E-state index in [2.05, 4.69) is 26.9 Å². The summed E-state index contributed by atoms with van der Waals surface area (Å²) in [4.78, 5) is 8.85. The van der Waals surface area contributed by atoms with Gasteiger partial charge < -0.3 is 15.4 Å². The van der Waals surface area contributed by atoms with E-state index in [-0.39, 0.29) is 5.82 Å². The van der Waals surface area contributed by atoms with Crippen LogP contribution in [0.5, 0.6) is 11.6 Å². The van der Waals surface area contributed by atoms with Crippen LogP contribution in [0.1, 0.15) is 25.3 Å². The first-order valence-corrected chi connectivity index (χ1v) is 10.5. The van der Waals surface area contributed by atoms with Gasteiger partial charge in [0.1, 0.15) is 11.6 Å². The van der Waals surface area contributed by atoms with Gasteiger partial charge in [0.2, 0.25) is 5.88 Å². The first-order valence-electron chi connectivity index (χ1n) is 9.10. The molecule has 0 aliphatic heterocycles. The third-order valence-electron chi connectivity index (χ3n) is 3.65. The number of ether oxygens (including phenoxy) is 1. The fraction of sp³-hybridized carbons (Fsp3) is 0.400. The maximum atomic E-state index is 13.2. The Kier molecular flexibility index (Phi) is 9.48. The van der Waals surface area contributed by atoms with Crippen LogP contribution in [-0.4, -0.2) is 36.0 Å². The number of hydrogen-bond acceptors (Lipinski definition) is 4. The molecule has 27 heavy (non-hydrogen) atoms. The molecule has 2 N–H and O–H groups in total. The second-order valence-electron chi connectivity index (χ2n) is 5.89. The Bertz CT molecular complexity index is 709. The molecule has 0 amide bonds. The van der Waals surface area contributed by atoms with Gasteiger partial charge in [-0.15, -0.1) is 0 Å². The lowest BCUT2D eigenvalue weighted by Crippen LogP contribution is -2.37. The number of benzene rings is 1. The Hall–Kier alpha value is -2.28. The number of pyridine rings is 1. The number of halogens is 1. The number of nitrogens with one attached hydrogen (secondary N) is 2. The molecule has 0 aliphatic carbocycles. The van der Waals surface area contributed by atoms with E-state index >= 15 is 0 Å². The van der Waals surface area contributed by atoms with Gasteiger partial charge in [0.15, 0.2) is 5.96 Å². The number of thioether (sulfide) groups is 1. The Balaban J connectivity index is 1.86. The van der Waals surface area contributed by atoms with E-state index in [1.165, 1.54) is 24.3 Å². The highest BCUT2D eigenvalue weighted by atomic mass is 32.2. The smallest absolute Gasteiger partial charge is 0.219 e. The number of aromatic nitrogens is 1. The van der Waals surface area contributed by atoms with Crippen molar-refractivity contribution in [2.45, 2.75) is 26.3 Å². The van der Waals surface area contributed by atoms with Gasteiger partial charge in [0, 0.05) is 31.4 Å². The normalized spacial score (nSPS) is 11.3. The standard InChI is InChI=1S/C20H27FN4OS/c1-3-22-20(23-11-4-5-12-27-2)25-15-16-9-10-19(24-14-16)26-18-8-6-7-17(21)13-18/h6-10,13-14H,3-5,11-12,15H2,1-2H3,(H2,22,23,25). The highest BCUT2D eigenvalue weighted by Crippen LogP contribution is 2.20. The van der Waals surface area contributed by atoms with Gasteiger partial charge >= 0.3 is 0 Å².